The van der Waals surface area contributed by atoms with Gasteiger partial charge >= 0.3 is 0 Å². The van der Waals surface area contributed by atoms with Crippen LogP contribution in [0.2, 0.25) is 0 Å². The van der Waals surface area contributed by atoms with E-state index in [2.05, 4.69) is 44.5 Å². The van der Waals surface area contributed by atoms with E-state index in [0.29, 0.717) is 39.0 Å². The van der Waals surface area contributed by atoms with Gasteiger partial charge in [0.05, 0.1) is 5.92 Å². The third-order valence-corrected chi connectivity index (χ3v) is 5.58. The van der Waals surface area contributed by atoms with E-state index in [-0.39, 0.29) is 23.1 Å². The lowest BCUT2D eigenvalue weighted by Crippen LogP contribution is -2.39. The summed E-state index contributed by atoms with van der Waals surface area (Å²) in [6.45, 7) is 12.1. The van der Waals surface area contributed by atoms with Gasteiger partial charge in [0.25, 0.3) is 0 Å². The SMILES string of the molecule is C=CCN1CCN(C(=O)CC(C)(C)C)C[C@H](Cc2ccccc2-c2cccnc2)C1=O. The molecule has 1 atom stereocenters. The highest BCUT2D eigenvalue weighted by atomic mass is 16.2. The quantitative estimate of drug-likeness (QED) is 0.660. The minimum Gasteiger partial charge on any atom is -0.340 e. The minimum atomic E-state index is -0.288. The molecule has 1 aromatic carbocycles. The van der Waals surface area contributed by atoms with Crippen molar-refractivity contribution >= 4 is 11.8 Å². The van der Waals surface area contributed by atoms with E-state index in [4.69, 9.17) is 0 Å². The van der Waals surface area contributed by atoms with Crippen molar-refractivity contribution < 1.29 is 9.59 Å². The zero-order valence-corrected chi connectivity index (χ0v) is 18.9. The summed E-state index contributed by atoms with van der Waals surface area (Å²) in [7, 11) is 0. The number of carbonyl (C=O) groups is 2. The average Bonchev–Trinajstić information content (AvgIpc) is 2.88. The van der Waals surface area contributed by atoms with Crippen LogP contribution in [0.15, 0.2) is 61.4 Å². The normalized spacial score (nSPS) is 17.4. The first-order chi connectivity index (χ1) is 14.8. The third kappa shape index (κ3) is 6.03. The Bertz CT molecular complexity index is 918. The fourth-order valence-corrected chi connectivity index (χ4v) is 4.09. The van der Waals surface area contributed by atoms with E-state index in [1.165, 1.54) is 0 Å². The minimum absolute atomic E-state index is 0.0867. The number of benzene rings is 1. The molecule has 0 saturated carbocycles. The van der Waals surface area contributed by atoms with Gasteiger partial charge in [0.15, 0.2) is 0 Å². The summed E-state index contributed by atoms with van der Waals surface area (Å²) in [4.78, 5) is 34.3. The summed E-state index contributed by atoms with van der Waals surface area (Å²) in [5, 5.41) is 0. The second-order valence-electron chi connectivity index (χ2n) is 9.45. The third-order valence-electron chi connectivity index (χ3n) is 5.58. The highest BCUT2D eigenvalue weighted by molar-refractivity contribution is 5.83. The number of hydrogen-bond acceptors (Lipinski definition) is 3. The van der Waals surface area contributed by atoms with Gasteiger partial charge < -0.3 is 9.80 Å². The fourth-order valence-electron chi connectivity index (χ4n) is 4.09. The second-order valence-corrected chi connectivity index (χ2v) is 9.45. The van der Waals surface area contributed by atoms with E-state index in [9.17, 15) is 9.59 Å². The highest BCUT2D eigenvalue weighted by Crippen LogP contribution is 2.27. The predicted octanol–water partition coefficient (Wildman–Crippen LogP) is 4.20. The van der Waals surface area contributed by atoms with Crippen molar-refractivity contribution in [3.8, 4) is 11.1 Å². The van der Waals surface area contributed by atoms with Crippen LogP contribution in [0.4, 0.5) is 0 Å². The molecule has 2 aromatic rings. The Labute approximate surface area is 185 Å². The Hall–Kier alpha value is -2.95. The molecule has 1 aromatic heterocycles. The number of hydrogen-bond donors (Lipinski definition) is 0. The first kappa shape index (κ1) is 22.7. The molecule has 0 unspecified atom stereocenters. The van der Waals surface area contributed by atoms with Gasteiger partial charge in [-0.25, -0.2) is 0 Å². The van der Waals surface area contributed by atoms with Crippen molar-refractivity contribution in [1.29, 1.82) is 0 Å². The molecule has 164 valence electrons. The fraction of sp³-hybridized carbons (Fsp3) is 0.423. The van der Waals surface area contributed by atoms with Gasteiger partial charge in [0, 0.05) is 50.6 Å². The summed E-state index contributed by atoms with van der Waals surface area (Å²) >= 11 is 0. The smallest absolute Gasteiger partial charge is 0.228 e. The predicted molar refractivity (Wildman–Crippen MR) is 124 cm³/mol. The number of pyridine rings is 1. The van der Waals surface area contributed by atoms with Crippen molar-refractivity contribution in [1.82, 2.24) is 14.8 Å². The summed E-state index contributed by atoms with van der Waals surface area (Å²) in [6.07, 6.45) is 6.41. The van der Waals surface area contributed by atoms with E-state index in [1.807, 2.05) is 40.3 Å². The largest absolute Gasteiger partial charge is 0.340 e. The molecule has 1 saturated heterocycles. The van der Waals surface area contributed by atoms with Crippen LogP contribution in [0.1, 0.15) is 32.8 Å². The molecule has 5 heteroatoms. The first-order valence-corrected chi connectivity index (χ1v) is 10.9. The zero-order chi connectivity index (χ0) is 22.4. The standard InChI is InChI=1S/C26H33N3O2/c1-5-13-28-14-15-29(24(30)17-26(2,3)4)19-22(25(28)31)16-20-9-6-7-11-23(20)21-10-8-12-27-18-21/h5-12,18,22H,1,13-17,19H2,2-4H3/t22-/m0/s1. The lowest BCUT2D eigenvalue weighted by molar-refractivity contribution is -0.135. The molecule has 0 bridgehead atoms. The van der Waals surface area contributed by atoms with Gasteiger partial charge in [-0.1, -0.05) is 57.2 Å². The molecular weight excluding hydrogens is 386 g/mol. The van der Waals surface area contributed by atoms with Crippen LogP contribution < -0.4 is 0 Å². The average molecular weight is 420 g/mol. The molecule has 0 spiro atoms. The monoisotopic (exact) mass is 419 g/mol. The van der Waals surface area contributed by atoms with Crippen molar-refractivity contribution in [3.05, 3.63) is 67.0 Å². The van der Waals surface area contributed by atoms with Gasteiger partial charge in [0.2, 0.25) is 11.8 Å². The lowest BCUT2D eigenvalue weighted by atomic mass is 9.90. The first-order valence-electron chi connectivity index (χ1n) is 10.9. The molecule has 0 N–H and O–H groups in total. The maximum absolute atomic E-state index is 13.4. The Morgan fingerprint density at radius 1 is 1.19 bits per heavy atom. The van der Waals surface area contributed by atoms with Gasteiger partial charge in [-0.2, -0.15) is 0 Å². The summed E-state index contributed by atoms with van der Waals surface area (Å²) in [5.41, 5.74) is 3.12. The van der Waals surface area contributed by atoms with Gasteiger partial charge in [-0.05, 0) is 29.0 Å². The van der Waals surface area contributed by atoms with Crippen LogP contribution in [-0.4, -0.2) is 52.8 Å². The highest BCUT2D eigenvalue weighted by Gasteiger charge is 2.33. The van der Waals surface area contributed by atoms with Gasteiger partial charge in [-0.15, -0.1) is 6.58 Å². The van der Waals surface area contributed by atoms with Crippen LogP contribution in [0.25, 0.3) is 11.1 Å². The van der Waals surface area contributed by atoms with Crippen LogP contribution in [0.3, 0.4) is 0 Å². The number of amides is 2. The molecule has 31 heavy (non-hydrogen) atoms. The van der Waals surface area contributed by atoms with Crippen LogP contribution in [-0.2, 0) is 16.0 Å². The molecule has 2 heterocycles. The number of nitrogens with zero attached hydrogens (tertiary/aromatic N) is 3. The van der Waals surface area contributed by atoms with Crippen molar-refractivity contribution in [3.63, 3.8) is 0 Å². The van der Waals surface area contributed by atoms with Crippen molar-refractivity contribution in [2.75, 3.05) is 26.2 Å². The Balaban J connectivity index is 1.89. The Morgan fingerprint density at radius 2 is 1.97 bits per heavy atom. The number of aromatic nitrogens is 1. The molecule has 1 aliphatic rings. The molecule has 0 aliphatic carbocycles. The van der Waals surface area contributed by atoms with Crippen LogP contribution in [0.5, 0.6) is 0 Å². The van der Waals surface area contributed by atoms with Crippen LogP contribution in [0, 0.1) is 11.3 Å². The van der Waals surface area contributed by atoms with Crippen LogP contribution >= 0.6 is 0 Å². The maximum atomic E-state index is 13.4. The Morgan fingerprint density at radius 3 is 2.65 bits per heavy atom. The Kier molecular flexibility index (Phi) is 7.26. The molecule has 1 aliphatic heterocycles. The summed E-state index contributed by atoms with van der Waals surface area (Å²) in [5.74, 6) is -0.0811. The molecule has 2 amide bonds. The molecule has 0 radical (unpaired) electrons. The zero-order valence-electron chi connectivity index (χ0n) is 18.9. The number of rotatable bonds is 6. The van der Waals surface area contributed by atoms with E-state index in [0.717, 1.165) is 16.7 Å². The number of carbonyl (C=O) groups excluding carboxylic acids is 2. The molecule has 1 fully saturated rings. The van der Waals surface area contributed by atoms with Crippen molar-refractivity contribution in [2.45, 2.75) is 33.6 Å². The lowest BCUT2D eigenvalue weighted by Gasteiger charge is -2.27. The second kappa shape index (κ2) is 9.90. The summed E-state index contributed by atoms with van der Waals surface area (Å²) < 4.78 is 0. The van der Waals surface area contributed by atoms with Gasteiger partial charge in [0.1, 0.15) is 0 Å². The molecule has 3 rings (SSSR count). The van der Waals surface area contributed by atoms with E-state index < -0.39 is 0 Å². The van der Waals surface area contributed by atoms with Crippen molar-refractivity contribution in [2.24, 2.45) is 11.3 Å². The topological polar surface area (TPSA) is 53.5 Å². The van der Waals surface area contributed by atoms with E-state index in [1.54, 1.807) is 12.3 Å². The summed E-state index contributed by atoms with van der Waals surface area (Å²) in [6, 6.07) is 12.1. The molecule has 5 nitrogen and oxygen atoms in total. The maximum Gasteiger partial charge on any atom is 0.228 e. The van der Waals surface area contributed by atoms with E-state index >= 15 is 0 Å². The molecular formula is C26H33N3O2. The van der Waals surface area contributed by atoms with Gasteiger partial charge in [-0.3, -0.25) is 14.6 Å².